The number of nitrogens with one attached hydrogen (secondary N) is 1. The Balaban J connectivity index is 3.46. The van der Waals surface area contributed by atoms with Crippen LogP contribution in [0.2, 0.25) is 0 Å². The number of carbonyl (C=O) groups is 1. The molecule has 0 aliphatic heterocycles. The molecule has 90 valence electrons. The van der Waals surface area contributed by atoms with Gasteiger partial charge in [-0.05, 0) is 0 Å². The average molecular weight is 226 g/mol. The van der Waals surface area contributed by atoms with E-state index in [1.165, 1.54) is 7.11 Å². The maximum Gasteiger partial charge on any atom is 0.261 e. The fraction of sp³-hybridized carbons (Fsp3) is 0.875. The van der Waals surface area contributed by atoms with E-state index in [9.17, 15) is 13.6 Å². The summed E-state index contributed by atoms with van der Waals surface area (Å²) in [5.41, 5.74) is 5.24. The minimum Gasteiger partial charge on any atom is -0.374 e. The molecule has 1 amide bonds. The second kappa shape index (κ2) is 8.51. The third-order valence-electron chi connectivity index (χ3n) is 1.58. The molecule has 0 aliphatic rings. The number of hydrogen-bond donors (Lipinski definition) is 2. The molecule has 0 spiro atoms. The summed E-state index contributed by atoms with van der Waals surface area (Å²) in [6.45, 7) is -0.358. The molecule has 1 atom stereocenters. The van der Waals surface area contributed by atoms with Crippen LogP contribution in [0.4, 0.5) is 8.78 Å². The highest BCUT2D eigenvalue weighted by molar-refractivity contribution is 5.80. The summed E-state index contributed by atoms with van der Waals surface area (Å²) >= 11 is 0. The summed E-state index contributed by atoms with van der Waals surface area (Å²) in [4.78, 5) is 11.2. The second-order valence-corrected chi connectivity index (χ2v) is 2.72. The van der Waals surface area contributed by atoms with Gasteiger partial charge in [-0.3, -0.25) is 4.79 Å². The Kier molecular flexibility index (Phi) is 8.06. The van der Waals surface area contributed by atoms with Crippen molar-refractivity contribution >= 4 is 5.91 Å². The molecule has 0 bridgehead atoms. The Labute approximate surface area is 86.9 Å². The standard InChI is InChI=1S/C8H16F2N2O3/c1-14-6(4-11)8(13)12-2-3-15-5-7(9)10/h6-7H,2-5,11H2,1H3,(H,12,13). The molecule has 0 aromatic rings. The highest BCUT2D eigenvalue weighted by Gasteiger charge is 2.14. The van der Waals surface area contributed by atoms with Crippen LogP contribution in [-0.4, -0.2) is 51.8 Å². The van der Waals surface area contributed by atoms with E-state index in [0.29, 0.717) is 0 Å². The van der Waals surface area contributed by atoms with E-state index in [2.05, 4.69) is 10.1 Å². The van der Waals surface area contributed by atoms with Crippen LogP contribution < -0.4 is 11.1 Å². The molecule has 1 unspecified atom stereocenters. The number of halogens is 2. The molecule has 5 nitrogen and oxygen atoms in total. The predicted octanol–water partition coefficient (Wildman–Crippen LogP) is -0.642. The molecule has 7 heteroatoms. The lowest BCUT2D eigenvalue weighted by Crippen LogP contribution is -2.41. The van der Waals surface area contributed by atoms with Crippen LogP contribution in [0.3, 0.4) is 0 Å². The van der Waals surface area contributed by atoms with Crippen LogP contribution in [-0.2, 0) is 14.3 Å². The zero-order valence-electron chi connectivity index (χ0n) is 8.54. The van der Waals surface area contributed by atoms with Gasteiger partial charge in [-0.2, -0.15) is 0 Å². The molecule has 15 heavy (non-hydrogen) atoms. The smallest absolute Gasteiger partial charge is 0.261 e. The van der Waals surface area contributed by atoms with E-state index < -0.39 is 19.1 Å². The van der Waals surface area contributed by atoms with E-state index in [4.69, 9.17) is 10.5 Å². The van der Waals surface area contributed by atoms with E-state index in [0.717, 1.165) is 0 Å². The summed E-state index contributed by atoms with van der Waals surface area (Å²) in [5.74, 6) is -0.374. The Morgan fingerprint density at radius 3 is 2.67 bits per heavy atom. The summed E-state index contributed by atoms with van der Waals surface area (Å²) in [5, 5.41) is 2.44. The first kappa shape index (κ1) is 14.2. The number of rotatable bonds is 8. The van der Waals surface area contributed by atoms with E-state index in [1.54, 1.807) is 0 Å². The first-order valence-corrected chi connectivity index (χ1v) is 4.48. The van der Waals surface area contributed by atoms with Crippen LogP contribution in [0, 0.1) is 0 Å². The molecule has 0 fully saturated rings. The monoisotopic (exact) mass is 226 g/mol. The number of nitrogens with two attached hydrogens (primary N) is 1. The quantitative estimate of drug-likeness (QED) is 0.540. The van der Waals surface area contributed by atoms with Gasteiger partial charge in [-0.15, -0.1) is 0 Å². The number of ether oxygens (including phenoxy) is 2. The van der Waals surface area contributed by atoms with Crippen LogP contribution in [0.15, 0.2) is 0 Å². The van der Waals surface area contributed by atoms with Crippen molar-refractivity contribution in [2.45, 2.75) is 12.5 Å². The second-order valence-electron chi connectivity index (χ2n) is 2.72. The summed E-state index contributed by atoms with van der Waals surface area (Å²) < 4.78 is 32.5. The topological polar surface area (TPSA) is 73.6 Å². The van der Waals surface area contributed by atoms with Crippen molar-refractivity contribution in [2.75, 3.05) is 33.4 Å². The Bertz CT molecular complexity index is 177. The number of alkyl halides is 2. The van der Waals surface area contributed by atoms with Crippen molar-refractivity contribution in [3.05, 3.63) is 0 Å². The Morgan fingerprint density at radius 2 is 2.20 bits per heavy atom. The molecule has 0 heterocycles. The number of amides is 1. The zero-order valence-corrected chi connectivity index (χ0v) is 8.54. The third kappa shape index (κ3) is 7.18. The summed E-state index contributed by atoms with van der Waals surface area (Å²) in [7, 11) is 1.37. The minimum atomic E-state index is -2.49. The molecular weight excluding hydrogens is 210 g/mol. The van der Waals surface area contributed by atoms with Crippen molar-refractivity contribution < 1.29 is 23.0 Å². The highest BCUT2D eigenvalue weighted by atomic mass is 19.3. The molecule has 0 saturated carbocycles. The van der Waals surface area contributed by atoms with Crippen molar-refractivity contribution in [1.82, 2.24) is 5.32 Å². The summed E-state index contributed by atoms with van der Waals surface area (Å²) in [6, 6.07) is 0. The lowest BCUT2D eigenvalue weighted by atomic mass is 10.3. The molecule has 0 aliphatic carbocycles. The van der Waals surface area contributed by atoms with E-state index in [1.807, 2.05) is 0 Å². The molecule has 0 rings (SSSR count). The van der Waals surface area contributed by atoms with Gasteiger partial charge in [0.15, 0.2) is 0 Å². The SMILES string of the molecule is COC(CN)C(=O)NCCOCC(F)F. The summed E-state index contributed by atoms with van der Waals surface area (Å²) in [6.07, 6.45) is -3.20. The van der Waals surface area contributed by atoms with E-state index in [-0.39, 0.29) is 25.6 Å². The first-order chi connectivity index (χ1) is 7.11. The first-order valence-electron chi connectivity index (χ1n) is 4.48. The Hall–Kier alpha value is -0.790. The molecule has 0 radical (unpaired) electrons. The molecule has 0 aromatic heterocycles. The van der Waals surface area contributed by atoms with Crippen LogP contribution in [0.5, 0.6) is 0 Å². The molecule has 0 saturated heterocycles. The fourth-order valence-corrected chi connectivity index (χ4v) is 0.843. The van der Waals surface area contributed by atoms with Gasteiger partial charge in [-0.25, -0.2) is 8.78 Å². The molecular formula is C8H16F2N2O3. The lowest BCUT2D eigenvalue weighted by molar-refractivity contribution is -0.130. The lowest BCUT2D eigenvalue weighted by Gasteiger charge is -2.12. The largest absolute Gasteiger partial charge is 0.374 e. The third-order valence-corrected chi connectivity index (χ3v) is 1.58. The number of methoxy groups -OCH3 is 1. The highest BCUT2D eigenvalue weighted by Crippen LogP contribution is 1.91. The Morgan fingerprint density at radius 1 is 1.53 bits per heavy atom. The van der Waals surface area contributed by atoms with Gasteiger partial charge in [-0.1, -0.05) is 0 Å². The fourth-order valence-electron chi connectivity index (χ4n) is 0.843. The van der Waals surface area contributed by atoms with Gasteiger partial charge in [0.2, 0.25) is 0 Å². The zero-order chi connectivity index (χ0) is 11.7. The molecule has 0 aromatic carbocycles. The number of carbonyl (C=O) groups excluding carboxylic acids is 1. The average Bonchev–Trinajstić information content (AvgIpc) is 2.18. The van der Waals surface area contributed by atoms with E-state index >= 15 is 0 Å². The maximum absolute atomic E-state index is 11.6. The molecule has 3 N–H and O–H groups in total. The van der Waals surface area contributed by atoms with Crippen LogP contribution >= 0.6 is 0 Å². The number of hydrogen-bond acceptors (Lipinski definition) is 4. The normalized spacial score (nSPS) is 12.9. The van der Waals surface area contributed by atoms with Gasteiger partial charge in [0.1, 0.15) is 12.7 Å². The van der Waals surface area contributed by atoms with Crippen molar-refractivity contribution in [2.24, 2.45) is 5.73 Å². The van der Waals surface area contributed by atoms with Crippen molar-refractivity contribution in [3.8, 4) is 0 Å². The van der Waals surface area contributed by atoms with Crippen LogP contribution in [0.1, 0.15) is 0 Å². The van der Waals surface area contributed by atoms with Crippen molar-refractivity contribution in [3.63, 3.8) is 0 Å². The maximum atomic E-state index is 11.6. The predicted molar refractivity (Wildman–Crippen MR) is 49.7 cm³/mol. The van der Waals surface area contributed by atoms with Crippen LogP contribution in [0.25, 0.3) is 0 Å². The van der Waals surface area contributed by atoms with Gasteiger partial charge in [0.25, 0.3) is 12.3 Å². The van der Waals surface area contributed by atoms with Gasteiger partial charge < -0.3 is 20.5 Å². The minimum absolute atomic E-state index is 0.0388. The van der Waals surface area contributed by atoms with Crippen molar-refractivity contribution in [1.29, 1.82) is 0 Å². The van der Waals surface area contributed by atoms with Gasteiger partial charge in [0.05, 0.1) is 6.61 Å². The van der Waals surface area contributed by atoms with Gasteiger partial charge >= 0.3 is 0 Å². The van der Waals surface area contributed by atoms with Gasteiger partial charge in [0, 0.05) is 20.2 Å².